The Kier molecular flexibility index (Phi) is 6.88. The number of aryl methyl sites for hydroxylation is 1. The highest BCUT2D eigenvalue weighted by Gasteiger charge is 2.06. The smallest absolute Gasteiger partial charge is 0.234 e. The zero-order chi connectivity index (χ0) is 17.4. The number of benzene rings is 2. The number of thioether (sulfide) groups is 1. The predicted octanol–water partition coefficient (Wildman–Crippen LogP) is 4.46. The molecule has 2 amide bonds. The van der Waals surface area contributed by atoms with Gasteiger partial charge in [0.1, 0.15) is 0 Å². The van der Waals surface area contributed by atoms with Crippen LogP contribution in [-0.2, 0) is 9.59 Å². The van der Waals surface area contributed by atoms with Crippen LogP contribution in [0.1, 0.15) is 25.3 Å². The molecule has 0 aliphatic heterocycles. The molecule has 0 aliphatic carbocycles. The molecule has 4 nitrogen and oxygen atoms in total. The van der Waals surface area contributed by atoms with Gasteiger partial charge in [0.2, 0.25) is 11.8 Å². The quantitative estimate of drug-likeness (QED) is 0.730. The second kappa shape index (κ2) is 9.13. The third-order valence-corrected chi connectivity index (χ3v) is 4.42. The lowest BCUT2D eigenvalue weighted by Crippen LogP contribution is -2.14. The summed E-state index contributed by atoms with van der Waals surface area (Å²) in [5.74, 6) is 0.334. The highest BCUT2D eigenvalue weighted by Crippen LogP contribution is 2.21. The zero-order valence-electron chi connectivity index (χ0n) is 14.0. The molecular formula is C19H22N2O2S. The summed E-state index contributed by atoms with van der Waals surface area (Å²) >= 11 is 1.47. The Morgan fingerprint density at radius 2 is 1.67 bits per heavy atom. The number of rotatable bonds is 7. The number of nitrogens with one attached hydrogen (secondary N) is 2. The number of carbonyl (C=O) groups excluding carboxylic acids is 2. The van der Waals surface area contributed by atoms with Gasteiger partial charge in [-0.3, -0.25) is 9.59 Å². The van der Waals surface area contributed by atoms with Crippen molar-refractivity contribution in [2.75, 3.05) is 16.4 Å². The van der Waals surface area contributed by atoms with Crippen LogP contribution in [0.2, 0.25) is 0 Å². The maximum absolute atomic E-state index is 12.0. The third-order valence-electron chi connectivity index (χ3n) is 3.40. The summed E-state index contributed by atoms with van der Waals surface area (Å²) in [5, 5.41) is 5.76. The van der Waals surface area contributed by atoms with Gasteiger partial charge in [-0.05, 0) is 49.2 Å². The van der Waals surface area contributed by atoms with Crippen molar-refractivity contribution in [3.8, 4) is 0 Å². The fourth-order valence-electron chi connectivity index (χ4n) is 2.13. The Bertz CT molecular complexity index is 699. The average molecular weight is 342 g/mol. The van der Waals surface area contributed by atoms with E-state index in [1.807, 2.05) is 62.4 Å². The number of para-hydroxylation sites is 1. The Hall–Kier alpha value is -2.27. The van der Waals surface area contributed by atoms with E-state index in [0.717, 1.165) is 28.3 Å². The van der Waals surface area contributed by atoms with Crippen LogP contribution in [0.5, 0.6) is 0 Å². The van der Waals surface area contributed by atoms with Gasteiger partial charge in [-0.15, -0.1) is 11.8 Å². The monoisotopic (exact) mass is 342 g/mol. The maximum Gasteiger partial charge on any atom is 0.234 e. The number of amides is 2. The minimum absolute atomic E-state index is 0.0236. The van der Waals surface area contributed by atoms with Crippen molar-refractivity contribution in [3.63, 3.8) is 0 Å². The molecule has 0 aliphatic rings. The SMILES string of the molecule is CCCC(=O)Nc1ccc(SCC(=O)Nc2ccccc2C)cc1. The van der Waals surface area contributed by atoms with E-state index in [1.54, 1.807) is 0 Å². The summed E-state index contributed by atoms with van der Waals surface area (Å²) in [6.07, 6.45) is 1.35. The largest absolute Gasteiger partial charge is 0.326 e. The lowest BCUT2D eigenvalue weighted by molar-refractivity contribution is -0.116. The molecule has 0 fully saturated rings. The number of hydrogen-bond acceptors (Lipinski definition) is 3. The first-order chi connectivity index (χ1) is 11.6. The van der Waals surface area contributed by atoms with Crippen LogP contribution in [0.3, 0.4) is 0 Å². The van der Waals surface area contributed by atoms with Crippen LogP contribution in [-0.4, -0.2) is 17.6 Å². The van der Waals surface area contributed by atoms with Gasteiger partial charge in [-0.1, -0.05) is 25.1 Å². The lowest BCUT2D eigenvalue weighted by Gasteiger charge is -2.08. The minimum atomic E-state index is -0.0328. The summed E-state index contributed by atoms with van der Waals surface area (Å²) in [6.45, 7) is 3.94. The van der Waals surface area contributed by atoms with Gasteiger partial charge < -0.3 is 10.6 Å². The molecule has 5 heteroatoms. The van der Waals surface area contributed by atoms with Gasteiger partial charge in [0.25, 0.3) is 0 Å². The first-order valence-electron chi connectivity index (χ1n) is 7.96. The molecule has 0 unspecified atom stereocenters. The van der Waals surface area contributed by atoms with E-state index >= 15 is 0 Å². The van der Waals surface area contributed by atoms with Crippen molar-refractivity contribution in [2.45, 2.75) is 31.6 Å². The normalized spacial score (nSPS) is 10.2. The molecule has 0 radical (unpaired) electrons. The van der Waals surface area contributed by atoms with Crippen molar-refractivity contribution in [1.82, 2.24) is 0 Å². The van der Waals surface area contributed by atoms with Crippen LogP contribution in [0.25, 0.3) is 0 Å². The van der Waals surface area contributed by atoms with Gasteiger partial charge in [0.05, 0.1) is 5.75 Å². The van der Waals surface area contributed by atoms with Crippen LogP contribution >= 0.6 is 11.8 Å². The molecule has 2 rings (SSSR count). The summed E-state index contributed by atoms with van der Waals surface area (Å²) in [4.78, 5) is 24.6. The first kappa shape index (κ1) is 18.1. The van der Waals surface area contributed by atoms with Crippen molar-refractivity contribution in [2.24, 2.45) is 0 Å². The lowest BCUT2D eigenvalue weighted by atomic mass is 10.2. The average Bonchev–Trinajstić information content (AvgIpc) is 2.56. The molecule has 0 spiro atoms. The van der Waals surface area contributed by atoms with E-state index in [-0.39, 0.29) is 11.8 Å². The highest BCUT2D eigenvalue weighted by atomic mass is 32.2. The standard InChI is InChI=1S/C19H22N2O2S/c1-3-6-18(22)20-15-9-11-16(12-10-15)24-13-19(23)21-17-8-5-4-7-14(17)2/h4-5,7-12H,3,6,13H2,1-2H3,(H,20,22)(H,21,23). The summed E-state index contributed by atoms with van der Waals surface area (Å²) < 4.78 is 0. The summed E-state index contributed by atoms with van der Waals surface area (Å²) in [6, 6.07) is 15.2. The second-order valence-corrected chi connectivity index (χ2v) is 6.52. The van der Waals surface area contributed by atoms with Crippen molar-refractivity contribution >= 4 is 35.0 Å². The highest BCUT2D eigenvalue weighted by molar-refractivity contribution is 8.00. The third kappa shape index (κ3) is 5.74. The van der Waals surface area contributed by atoms with Crippen LogP contribution in [0.15, 0.2) is 53.4 Å². The Labute approximate surface area is 147 Å². The number of carbonyl (C=O) groups is 2. The Morgan fingerprint density at radius 1 is 0.958 bits per heavy atom. The maximum atomic E-state index is 12.0. The zero-order valence-corrected chi connectivity index (χ0v) is 14.8. The van der Waals surface area contributed by atoms with Crippen LogP contribution in [0.4, 0.5) is 11.4 Å². The molecule has 24 heavy (non-hydrogen) atoms. The molecule has 0 atom stereocenters. The van der Waals surface area contributed by atoms with Gasteiger partial charge in [0.15, 0.2) is 0 Å². The first-order valence-corrected chi connectivity index (χ1v) is 8.95. The van der Waals surface area contributed by atoms with Gasteiger partial charge in [-0.2, -0.15) is 0 Å². The van der Waals surface area contributed by atoms with Crippen molar-refractivity contribution in [3.05, 3.63) is 54.1 Å². The minimum Gasteiger partial charge on any atom is -0.326 e. The summed E-state index contributed by atoms with van der Waals surface area (Å²) in [7, 11) is 0. The van der Waals surface area contributed by atoms with Crippen LogP contribution in [0, 0.1) is 6.92 Å². The van der Waals surface area contributed by atoms with E-state index in [0.29, 0.717) is 12.2 Å². The fraction of sp³-hybridized carbons (Fsp3) is 0.263. The molecule has 0 saturated carbocycles. The van der Waals surface area contributed by atoms with Gasteiger partial charge in [0, 0.05) is 22.7 Å². The van der Waals surface area contributed by atoms with Crippen molar-refractivity contribution < 1.29 is 9.59 Å². The Balaban J connectivity index is 1.82. The molecule has 0 saturated heterocycles. The number of hydrogen-bond donors (Lipinski definition) is 2. The molecule has 2 N–H and O–H groups in total. The van der Waals surface area contributed by atoms with E-state index < -0.39 is 0 Å². The van der Waals surface area contributed by atoms with Crippen molar-refractivity contribution in [1.29, 1.82) is 0 Å². The van der Waals surface area contributed by atoms with E-state index in [1.165, 1.54) is 11.8 Å². The molecule has 0 aromatic heterocycles. The predicted molar refractivity (Wildman–Crippen MR) is 101 cm³/mol. The van der Waals surface area contributed by atoms with E-state index in [2.05, 4.69) is 10.6 Å². The van der Waals surface area contributed by atoms with Gasteiger partial charge >= 0.3 is 0 Å². The Morgan fingerprint density at radius 3 is 2.33 bits per heavy atom. The van der Waals surface area contributed by atoms with E-state index in [9.17, 15) is 9.59 Å². The van der Waals surface area contributed by atoms with Gasteiger partial charge in [-0.25, -0.2) is 0 Å². The fourth-order valence-corrected chi connectivity index (χ4v) is 2.83. The summed E-state index contributed by atoms with van der Waals surface area (Å²) in [5.41, 5.74) is 2.67. The molecular weight excluding hydrogens is 320 g/mol. The molecule has 126 valence electrons. The van der Waals surface area contributed by atoms with E-state index in [4.69, 9.17) is 0 Å². The van der Waals surface area contributed by atoms with Crippen LogP contribution < -0.4 is 10.6 Å². The number of anilines is 2. The topological polar surface area (TPSA) is 58.2 Å². The second-order valence-electron chi connectivity index (χ2n) is 5.47. The molecule has 2 aromatic carbocycles. The molecule has 0 bridgehead atoms. The molecule has 0 heterocycles. The molecule has 2 aromatic rings.